The van der Waals surface area contributed by atoms with Gasteiger partial charge in [0.15, 0.2) is 0 Å². The molecule has 0 bridgehead atoms. The fourth-order valence-electron chi connectivity index (χ4n) is 2.62. The van der Waals surface area contributed by atoms with E-state index in [1.807, 2.05) is 0 Å². The summed E-state index contributed by atoms with van der Waals surface area (Å²) >= 11 is 0. The molecule has 0 spiro atoms. The van der Waals surface area contributed by atoms with E-state index in [9.17, 15) is 4.79 Å². The van der Waals surface area contributed by atoms with E-state index < -0.39 is 0 Å². The van der Waals surface area contributed by atoms with E-state index in [0.717, 1.165) is 32.5 Å². The molecule has 0 radical (unpaired) electrons. The summed E-state index contributed by atoms with van der Waals surface area (Å²) in [4.78, 5) is 14.2. The van der Waals surface area contributed by atoms with Crippen molar-refractivity contribution < 1.29 is 4.79 Å². The maximum absolute atomic E-state index is 11.9. The molecule has 18 heavy (non-hydrogen) atoms. The van der Waals surface area contributed by atoms with Crippen LogP contribution < -0.4 is 10.6 Å². The molecule has 0 saturated carbocycles. The minimum absolute atomic E-state index is 0.181. The number of amides is 1. The van der Waals surface area contributed by atoms with Gasteiger partial charge in [0.1, 0.15) is 0 Å². The summed E-state index contributed by atoms with van der Waals surface area (Å²) in [6, 6.07) is 0.900. The normalized spacial score (nSPS) is 21.2. The van der Waals surface area contributed by atoms with Gasteiger partial charge in [0.25, 0.3) is 0 Å². The first-order chi connectivity index (χ1) is 8.69. The number of rotatable bonds is 7. The van der Waals surface area contributed by atoms with E-state index in [-0.39, 0.29) is 5.91 Å². The number of nitrogens with zero attached hydrogens (tertiary/aromatic N) is 1. The molecule has 1 heterocycles. The number of carbonyl (C=O) groups is 1. The maximum atomic E-state index is 11.9. The highest BCUT2D eigenvalue weighted by Crippen LogP contribution is 2.09. The zero-order chi connectivity index (χ0) is 13.4. The highest BCUT2D eigenvalue weighted by molar-refractivity contribution is 5.78. The first-order valence-electron chi connectivity index (χ1n) is 7.44. The molecule has 1 amide bonds. The number of piperidine rings is 1. The van der Waals surface area contributed by atoms with Crippen LogP contribution in [0.4, 0.5) is 0 Å². The lowest BCUT2D eigenvalue weighted by atomic mass is 10.1. The first kappa shape index (κ1) is 15.4. The minimum atomic E-state index is 0.181. The van der Waals surface area contributed by atoms with Crippen LogP contribution in [0.15, 0.2) is 0 Å². The van der Waals surface area contributed by atoms with Crippen molar-refractivity contribution in [2.75, 3.05) is 26.2 Å². The summed E-state index contributed by atoms with van der Waals surface area (Å²) in [5.74, 6) is 0.181. The predicted octanol–water partition coefficient (Wildman–Crippen LogP) is 1.37. The van der Waals surface area contributed by atoms with E-state index in [0.29, 0.717) is 18.6 Å². The molecule has 106 valence electrons. The van der Waals surface area contributed by atoms with Gasteiger partial charge in [-0.3, -0.25) is 9.69 Å². The van der Waals surface area contributed by atoms with Gasteiger partial charge in [0, 0.05) is 18.6 Å². The van der Waals surface area contributed by atoms with Crippen LogP contribution >= 0.6 is 0 Å². The molecule has 4 nitrogen and oxygen atoms in total. The Balaban J connectivity index is 2.30. The fourth-order valence-corrected chi connectivity index (χ4v) is 2.62. The molecule has 1 atom stereocenters. The van der Waals surface area contributed by atoms with Crippen LogP contribution in [0.3, 0.4) is 0 Å². The first-order valence-corrected chi connectivity index (χ1v) is 7.44. The molecular formula is C14H29N3O. The van der Waals surface area contributed by atoms with Crippen molar-refractivity contribution in [1.29, 1.82) is 0 Å². The number of likely N-dealkylation sites (tertiary alicyclic amines) is 1. The van der Waals surface area contributed by atoms with Crippen molar-refractivity contribution in [1.82, 2.24) is 15.5 Å². The van der Waals surface area contributed by atoms with Gasteiger partial charge in [-0.05, 0) is 38.8 Å². The Hall–Kier alpha value is -0.610. The molecule has 0 aromatic heterocycles. The predicted molar refractivity (Wildman–Crippen MR) is 75.7 cm³/mol. The second-order valence-electron chi connectivity index (χ2n) is 5.21. The van der Waals surface area contributed by atoms with E-state index >= 15 is 0 Å². The summed E-state index contributed by atoms with van der Waals surface area (Å²) in [5.41, 5.74) is 0. The van der Waals surface area contributed by atoms with Crippen LogP contribution in [0.2, 0.25) is 0 Å². The van der Waals surface area contributed by atoms with Crippen LogP contribution in [0.25, 0.3) is 0 Å². The van der Waals surface area contributed by atoms with Crippen LogP contribution in [0.1, 0.15) is 46.5 Å². The number of likely N-dealkylation sites (N-methyl/N-ethyl adjacent to an activating group) is 1. The molecule has 0 aromatic rings. The Kier molecular flexibility index (Phi) is 7.28. The number of carbonyl (C=O) groups excluding carboxylic acids is 1. The zero-order valence-corrected chi connectivity index (χ0v) is 12.2. The summed E-state index contributed by atoms with van der Waals surface area (Å²) in [5, 5.41) is 6.59. The molecule has 4 heteroatoms. The summed E-state index contributed by atoms with van der Waals surface area (Å²) < 4.78 is 0. The van der Waals surface area contributed by atoms with Crippen LogP contribution in [0.5, 0.6) is 0 Å². The summed E-state index contributed by atoms with van der Waals surface area (Å²) in [6.07, 6.45) is 4.46. The molecule has 1 aliphatic rings. The number of hydrogen-bond acceptors (Lipinski definition) is 3. The summed E-state index contributed by atoms with van der Waals surface area (Å²) in [6.45, 7) is 10.0. The largest absolute Gasteiger partial charge is 0.352 e. The molecule has 0 aromatic carbocycles. The standard InChI is InChI=1S/C14H29N3O/c1-4-12(5-2)16-14(18)11-17-9-7-8-13(10-17)15-6-3/h12-13,15H,4-11H2,1-3H3,(H,16,18). The van der Waals surface area contributed by atoms with Crippen molar-refractivity contribution >= 4 is 5.91 Å². The molecule has 1 fully saturated rings. The molecular weight excluding hydrogens is 226 g/mol. The highest BCUT2D eigenvalue weighted by atomic mass is 16.2. The van der Waals surface area contributed by atoms with E-state index in [1.54, 1.807) is 0 Å². The SMILES string of the molecule is CCNC1CCCN(CC(=O)NC(CC)CC)C1. The molecule has 0 aliphatic carbocycles. The lowest BCUT2D eigenvalue weighted by Gasteiger charge is -2.32. The van der Waals surface area contributed by atoms with Crippen molar-refractivity contribution in [3.63, 3.8) is 0 Å². The maximum Gasteiger partial charge on any atom is 0.234 e. The van der Waals surface area contributed by atoms with Crippen LogP contribution in [0, 0.1) is 0 Å². The third-order valence-electron chi connectivity index (χ3n) is 3.72. The Morgan fingerprint density at radius 3 is 2.67 bits per heavy atom. The number of nitrogens with one attached hydrogen (secondary N) is 2. The van der Waals surface area contributed by atoms with Gasteiger partial charge in [-0.2, -0.15) is 0 Å². The van der Waals surface area contributed by atoms with Gasteiger partial charge in [-0.1, -0.05) is 20.8 Å². The third-order valence-corrected chi connectivity index (χ3v) is 3.72. The Bertz CT molecular complexity index is 239. The van der Waals surface area contributed by atoms with Crippen LogP contribution in [-0.2, 0) is 4.79 Å². The summed E-state index contributed by atoms with van der Waals surface area (Å²) in [7, 11) is 0. The number of hydrogen-bond donors (Lipinski definition) is 2. The van der Waals surface area contributed by atoms with Crippen molar-refractivity contribution in [3.05, 3.63) is 0 Å². The molecule has 1 aliphatic heterocycles. The van der Waals surface area contributed by atoms with E-state index in [2.05, 4.69) is 36.3 Å². The van der Waals surface area contributed by atoms with Gasteiger partial charge in [-0.15, -0.1) is 0 Å². The Labute approximate surface area is 111 Å². The van der Waals surface area contributed by atoms with Gasteiger partial charge < -0.3 is 10.6 Å². The fraction of sp³-hybridized carbons (Fsp3) is 0.929. The Morgan fingerprint density at radius 1 is 1.33 bits per heavy atom. The topological polar surface area (TPSA) is 44.4 Å². The second-order valence-corrected chi connectivity index (χ2v) is 5.21. The van der Waals surface area contributed by atoms with Crippen molar-refractivity contribution in [3.8, 4) is 0 Å². The van der Waals surface area contributed by atoms with Crippen LogP contribution in [-0.4, -0.2) is 49.1 Å². The Morgan fingerprint density at radius 2 is 2.06 bits per heavy atom. The van der Waals surface area contributed by atoms with Gasteiger partial charge in [-0.25, -0.2) is 0 Å². The third kappa shape index (κ3) is 5.36. The average molecular weight is 255 g/mol. The molecule has 1 saturated heterocycles. The van der Waals surface area contributed by atoms with E-state index in [4.69, 9.17) is 0 Å². The van der Waals surface area contributed by atoms with E-state index in [1.165, 1.54) is 12.8 Å². The van der Waals surface area contributed by atoms with Crippen molar-refractivity contribution in [2.24, 2.45) is 0 Å². The van der Waals surface area contributed by atoms with Gasteiger partial charge in [0.05, 0.1) is 6.54 Å². The lowest BCUT2D eigenvalue weighted by molar-refractivity contribution is -0.123. The van der Waals surface area contributed by atoms with Gasteiger partial charge in [0.2, 0.25) is 5.91 Å². The zero-order valence-electron chi connectivity index (χ0n) is 12.2. The quantitative estimate of drug-likeness (QED) is 0.722. The molecule has 2 N–H and O–H groups in total. The minimum Gasteiger partial charge on any atom is -0.352 e. The average Bonchev–Trinajstić information content (AvgIpc) is 2.36. The smallest absolute Gasteiger partial charge is 0.234 e. The highest BCUT2D eigenvalue weighted by Gasteiger charge is 2.21. The molecule has 1 rings (SSSR count). The monoisotopic (exact) mass is 255 g/mol. The van der Waals surface area contributed by atoms with Crippen molar-refractivity contribution in [2.45, 2.75) is 58.5 Å². The van der Waals surface area contributed by atoms with Gasteiger partial charge >= 0.3 is 0 Å². The second kappa shape index (κ2) is 8.48. The molecule has 1 unspecified atom stereocenters. The lowest BCUT2D eigenvalue weighted by Crippen LogP contribution is -2.49.